The van der Waals surface area contributed by atoms with Gasteiger partial charge in [0.1, 0.15) is 6.61 Å². The van der Waals surface area contributed by atoms with Crippen molar-refractivity contribution in [3.05, 3.63) is 77.9 Å². The maximum atomic E-state index is 12.6. The number of allylic oxidation sites excluding steroid dienone is 2. The molecular formula is C23H26O2. The topological polar surface area (TPSA) is 26.3 Å². The summed E-state index contributed by atoms with van der Waals surface area (Å²) in [4.78, 5) is 12.6. The van der Waals surface area contributed by atoms with E-state index in [0.717, 1.165) is 18.4 Å². The Balaban J connectivity index is 1.71. The van der Waals surface area contributed by atoms with Crippen LogP contribution in [0.25, 0.3) is 5.57 Å². The van der Waals surface area contributed by atoms with Crippen LogP contribution in [-0.2, 0) is 16.1 Å². The van der Waals surface area contributed by atoms with Crippen molar-refractivity contribution in [2.45, 2.75) is 33.3 Å². The van der Waals surface area contributed by atoms with Crippen molar-refractivity contribution >= 4 is 11.5 Å². The second-order valence-corrected chi connectivity index (χ2v) is 6.83. The summed E-state index contributed by atoms with van der Waals surface area (Å²) in [5.74, 6) is 0.554. The first-order valence-corrected chi connectivity index (χ1v) is 9.16. The maximum Gasteiger partial charge on any atom is 0.309 e. The predicted octanol–water partition coefficient (Wildman–Crippen LogP) is 5.50. The van der Waals surface area contributed by atoms with Crippen molar-refractivity contribution in [3.63, 3.8) is 0 Å². The van der Waals surface area contributed by atoms with Gasteiger partial charge in [-0.2, -0.15) is 0 Å². The van der Waals surface area contributed by atoms with Crippen LogP contribution in [0.2, 0.25) is 0 Å². The standard InChI is InChI=1S/C23H26O2/c1-3-20-17(2)21(14-15-22(20)19-12-8-5-9-13-19)23(24)25-16-18-10-6-4-7-11-18/h4-13,15,17,20-21H,3,14,16H2,1-2H3. The van der Waals surface area contributed by atoms with Crippen LogP contribution in [0.4, 0.5) is 0 Å². The van der Waals surface area contributed by atoms with E-state index >= 15 is 0 Å². The van der Waals surface area contributed by atoms with E-state index in [-0.39, 0.29) is 17.8 Å². The Morgan fingerprint density at radius 3 is 2.32 bits per heavy atom. The van der Waals surface area contributed by atoms with E-state index in [1.54, 1.807) is 0 Å². The molecule has 0 heterocycles. The normalized spacial score (nSPS) is 23.0. The molecule has 2 heteroatoms. The summed E-state index contributed by atoms with van der Waals surface area (Å²) in [6.07, 6.45) is 4.04. The van der Waals surface area contributed by atoms with Crippen LogP contribution in [0, 0.1) is 17.8 Å². The van der Waals surface area contributed by atoms with Gasteiger partial charge < -0.3 is 4.74 Å². The highest BCUT2D eigenvalue weighted by Gasteiger charge is 2.36. The fraction of sp³-hybridized carbons (Fsp3) is 0.348. The largest absolute Gasteiger partial charge is 0.461 e. The van der Waals surface area contributed by atoms with Gasteiger partial charge in [0.2, 0.25) is 0 Å². The molecule has 3 unspecified atom stereocenters. The van der Waals surface area contributed by atoms with Gasteiger partial charge in [-0.25, -0.2) is 0 Å². The summed E-state index contributed by atoms with van der Waals surface area (Å²) < 4.78 is 5.60. The molecule has 1 aliphatic rings. The molecule has 3 atom stereocenters. The number of benzene rings is 2. The van der Waals surface area contributed by atoms with Crippen LogP contribution in [0.1, 0.15) is 37.8 Å². The van der Waals surface area contributed by atoms with Crippen LogP contribution >= 0.6 is 0 Å². The minimum absolute atomic E-state index is 0.0545. The highest BCUT2D eigenvalue weighted by atomic mass is 16.5. The molecule has 0 N–H and O–H groups in total. The van der Waals surface area contributed by atoms with Gasteiger partial charge in [0.25, 0.3) is 0 Å². The fourth-order valence-electron chi connectivity index (χ4n) is 3.88. The molecule has 2 nitrogen and oxygen atoms in total. The van der Waals surface area contributed by atoms with Gasteiger partial charge in [-0.05, 0) is 41.4 Å². The van der Waals surface area contributed by atoms with Gasteiger partial charge in [-0.15, -0.1) is 0 Å². The zero-order valence-electron chi connectivity index (χ0n) is 15.0. The van der Waals surface area contributed by atoms with Crippen molar-refractivity contribution in [2.75, 3.05) is 0 Å². The Morgan fingerprint density at radius 2 is 1.68 bits per heavy atom. The molecule has 3 rings (SSSR count). The third-order valence-electron chi connectivity index (χ3n) is 5.33. The van der Waals surface area contributed by atoms with Gasteiger partial charge in [-0.3, -0.25) is 4.79 Å². The summed E-state index contributed by atoms with van der Waals surface area (Å²) in [6, 6.07) is 20.4. The van der Waals surface area contributed by atoms with Crippen LogP contribution in [0.15, 0.2) is 66.7 Å². The van der Waals surface area contributed by atoms with Crippen molar-refractivity contribution in [3.8, 4) is 0 Å². The Kier molecular flexibility index (Phi) is 5.70. The molecule has 2 aromatic carbocycles. The number of hydrogen-bond donors (Lipinski definition) is 0. The monoisotopic (exact) mass is 334 g/mol. The van der Waals surface area contributed by atoms with E-state index in [2.05, 4.69) is 44.2 Å². The lowest BCUT2D eigenvalue weighted by Gasteiger charge is -2.35. The summed E-state index contributed by atoms with van der Waals surface area (Å²) in [6.45, 7) is 4.75. The first-order chi connectivity index (χ1) is 12.2. The summed E-state index contributed by atoms with van der Waals surface area (Å²) in [7, 11) is 0. The second kappa shape index (κ2) is 8.15. The highest BCUT2D eigenvalue weighted by Crippen LogP contribution is 2.42. The molecule has 0 spiro atoms. The van der Waals surface area contributed by atoms with Gasteiger partial charge in [0.05, 0.1) is 5.92 Å². The van der Waals surface area contributed by atoms with E-state index < -0.39 is 0 Å². The van der Waals surface area contributed by atoms with Gasteiger partial charge in [0.15, 0.2) is 0 Å². The molecule has 0 amide bonds. The molecule has 0 saturated carbocycles. The number of rotatable bonds is 5. The molecular weight excluding hydrogens is 308 g/mol. The number of carbonyl (C=O) groups is 1. The van der Waals surface area contributed by atoms with Crippen molar-refractivity contribution < 1.29 is 9.53 Å². The summed E-state index contributed by atoms with van der Waals surface area (Å²) in [5, 5.41) is 0. The number of hydrogen-bond acceptors (Lipinski definition) is 2. The van der Waals surface area contributed by atoms with E-state index in [0.29, 0.717) is 12.5 Å². The molecule has 2 aromatic rings. The molecule has 25 heavy (non-hydrogen) atoms. The molecule has 0 fully saturated rings. The lowest BCUT2D eigenvalue weighted by molar-refractivity contribution is -0.152. The van der Waals surface area contributed by atoms with E-state index in [1.165, 1.54) is 11.1 Å². The number of ether oxygens (including phenoxy) is 1. The first kappa shape index (κ1) is 17.5. The molecule has 0 aromatic heterocycles. The van der Waals surface area contributed by atoms with Crippen molar-refractivity contribution in [1.29, 1.82) is 0 Å². The zero-order valence-corrected chi connectivity index (χ0v) is 15.0. The van der Waals surface area contributed by atoms with Gasteiger partial charge in [0, 0.05) is 0 Å². The van der Waals surface area contributed by atoms with Crippen LogP contribution < -0.4 is 0 Å². The molecule has 130 valence electrons. The van der Waals surface area contributed by atoms with E-state index in [1.807, 2.05) is 36.4 Å². The Bertz CT molecular complexity index is 718. The third kappa shape index (κ3) is 4.01. The molecule has 0 radical (unpaired) electrons. The Hall–Kier alpha value is -2.35. The lowest BCUT2D eigenvalue weighted by Crippen LogP contribution is -2.32. The average Bonchev–Trinajstić information content (AvgIpc) is 2.67. The number of carbonyl (C=O) groups excluding carboxylic acids is 1. The molecule has 0 aliphatic heterocycles. The molecule has 0 bridgehead atoms. The SMILES string of the molecule is CCC1C(c2ccccc2)=CCC(C(=O)OCc2ccccc2)C1C. The highest BCUT2D eigenvalue weighted by molar-refractivity contribution is 5.77. The Labute approximate surface area is 150 Å². The van der Waals surface area contributed by atoms with E-state index in [9.17, 15) is 4.79 Å². The minimum atomic E-state index is -0.0711. The zero-order chi connectivity index (χ0) is 17.6. The van der Waals surface area contributed by atoms with Gasteiger partial charge >= 0.3 is 5.97 Å². The second-order valence-electron chi connectivity index (χ2n) is 6.83. The molecule has 1 aliphatic carbocycles. The summed E-state index contributed by atoms with van der Waals surface area (Å²) in [5.41, 5.74) is 3.69. The van der Waals surface area contributed by atoms with Crippen LogP contribution in [0.5, 0.6) is 0 Å². The maximum absolute atomic E-state index is 12.6. The quantitative estimate of drug-likeness (QED) is 0.675. The molecule has 0 saturated heterocycles. The number of esters is 1. The van der Waals surface area contributed by atoms with E-state index in [4.69, 9.17) is 4.74 Å². The summed E-state index contributed by atoms with van der Waals surface area (Å²) >= 11 is 0. The van der Waals surface area contributed by atoms with Gasteiger partial charge in [-0.1, -0.05) is 80.6 Å². The smallest absolute Gasteiger partial charge is 0.309 e. The van der Waals surface area contributed by atoms with Crippen LogP contribution in [-0.4, -0.2) is 5.97 Å². The predicted molar refractivity (Wildman–Crippen MR) is 102 cm³/mol. The third-order valence-corrected chi connectivity index (χ3v) is 5.33. The van der Waals surface area contributed by atoms with Crippen molar-refractivity contribution in [2.24, 2.45) is 17.8 Å². The first-order valence-electron chi connectivity index (χ1n) is 9.16. The van der Waals surface area contributed by atoms with Crippen molar-refractivity contribution in [1.82, 2.24) is 0 Å². The Morgan fingerprint density at radius 1 is 1.04 bits per heavy atom. The fourth-order valence-corrected chi connectivity index (χ4v) is 3.88. The van der Waals surface area contributed by atoms with Crippen LogP contribution in [0.3, 0.4) is 0 Å². The average molecular weight is 334 g/mol. The minimum Gasteiger partial charge on any atom is -0.461 e. The lowest BCUT2D eigenvalue weighted by atomic mass is 9.70.